The van der Waals surface area contributed by atoms with Gasteiger partial charge in [0.2, 0.25) is 0 Å². The van der Waals surface area contributed by atoms with Gasteiger partial charge in [-0.05, 0) is 31.5 Å². The quantitative estimate of drug-likeness (QED) is 0.807. The second-order valence-corrected chi connectivity index (χ2v) is 3.60. The summed E-state index contributed by atoms with van der Waals surface area (Å²) in [7, 11) is 0. The van der Waals surface area contributed by atoms with E-state index < -0.39 is 6.10 Å². The Morgan fingerprint density at radius 1 is 1.40 bits per heavy atom. The van der Waals surface area contributed by atoms with Crippen LogP contribution in [0.1, 0.15) is 24.3 Å². The molecule has 78 valence electrons. The normalized spacial score (nSPS) is 12.7. The van der Waals surface area contributed by atoms with Crippen molar-refractivity contribution in [2.45, 2.75) is 20.0 Å². The zero-order chi connectivity index (χ0) is 10.8. The molecule has 0 aliphatic heterocycles. The van der Waals surface area contributed by atoms with Gasteiger partial charge in [0, 0.05) is 0 Å². The molecule has 1 heterocycles. The lowest BCUT2D eigenvalue weighted by atomic mass is 10.2. The minimum Gasteiger partial charge on any atom is -0.387 e. The van der Waals surface area contributed by atoms with Gasteiger partial charge in [0.15, 0.2) is 0 Å². The minimum atomic E-state index is -0.580. The van der Waals surface area contributed by atoms with Gasteiger partial charge in [-0.2, -0.15) is 0 Å². The average molecular weight is 203 g/mol. The molecule has 2 aromatic rings. The van der Waals surface area contributed by atoms with E-state index in [2.05, 4.69) is 10.3 Å². The number of aryl methyl sites for hydroxylation is 1. The van der Waals surface area contributed by atoms with E-state index in [4.69, 9.17) is 0 Å². The van der Waals surface area contributed by atoms with Gasteiger partial charge in [0.05, 0.1) is 18.0 Å². The first kappa shape index (κ1) is 9.86. The molecule has 1 unspecified atom stereocenters. The number of hydrogen-bond donors (Lipinski definition) is 1. The standard InChI is InChI=1S/C11H13N3O/c1-8-4-3-5-10(6-8)14-7-11(9(2)15)12-13-14/h3-7,9,15H,1-2H3. The van der Waals surface area contributed by atoms with Crippen LogP contribution in [0.15, 0.2) is 30.5 Å². The van der Waals surface area contributed by atoms with Crippen molar-refractivity contribution in [1.29, 1.82) is 0 Å². The smallest absolute Gasteiger partial charge is 0.111 e. The molecule has 0 saturated heterocycles. The van der Waals surface area contributed by atoms with Crippen LogP contribution in [0.25, 0.3) is 5.69 Å². The van der Waals surface area contributed by atoms with Crippen LogP contribution in [0.5, 0.6) is 0 Å². The number of nitrogens with zero attached hydrogens (tertiary/aromatic N) is 3. The van der Waals surface area contributed by atoms with Crippen LogP contribution >= 0.6 is 0 Å². The van der Waals surface area contributed by atoms with E-state index in [1.54, 1.807) is 17.8 Å². The highest BCUT2D eigenvalue weighted by Crippen LogP contribution is 2.12. The molecule has 0 aliphatic rings. The number of rotatable bonds is 2. The van der Waals surface area contributed by atoms with Crippen LogP contribution in [-0.2, 0) is 0 Å². The SMILES string of the molecule is Cc1cccc(-n2cc(C(C)O)nn2)c1. The van der Waals surface area contributed by atoms with Crippen LogP contribution in [0.4, 0.5) is 0 Å². The summed E-state index contributed by atoms with van der Waals surface area (Å²) in [5.74, 6) is 0. The Hall–Kier alpha value is -1.68. The molecule has 1 aromatic carbocycles. The van der Waals surface area contributed by atoms with E-state index in [1.807, 2.05) is 31.2 Å². The molecule has 15 heavy (non-hydrogen) atoms. The van der Waals surface area contributed by atoms with E-state index in [0.29, 0.717) is 5.69 Å². The van der Waals surface area contributed by atoms with Crippen LogP contribution < -0.4 is 0 Å². The molecule has 0 spiro atoms. The molecule has 1 N–H and O–H groups in total. The van der Waals surface area contributed by atoms with Gasteiger partial charge in [-0.15, -0.1) is 5.10 Å². The summed E-state index contributed by atoms with van der Waals surface area (Å²) in [5, 5.41) is 17.2. The Morgan fingerprint density at radius 3 is 2.80 bits per heavy atom. The fourth-order valence-corrected chi connectivity index (χ4v) is 1.36. The van der Waals surface area contributed by atoms with E-state index in [9.17, 15) is 5.11 Å². The fraction of sp³-hybridized carbons (Fsp3) is 0.273. The number of hydrogen-bond acceptors (Lipinski definition) is 3. The molecule has 2 rings (SSSR count). The van der Waals surface area contributed by atoms with Gasteiger partial charge in [-0.3, -0.25) is 0 Å². The van der Waals surface area contributed by atoms with Crippen molar-refractivity contribution in [3.05, 3.63) is 41.7 Å². The summed E-state index contributed by atoms with van der Waals surface area (Å²) in [5.41, 5.74) is 2.70. The second-order valence-electron chi connectivity index (χ2n) is 3.60. The zero-order valence-corrected chi connectivity index (χ0v) is 8.75. The first-order valence-electron chi connectivity index (χ1n) is 4.84. The lowest BCUT2D eigenvalue weighted by Gasteiger charge is -2.00. The molecular formula is C11H13N3O. The first-order valence-corrected chi connectivity index (χ1v) is 4.84. The highest BCUT2D eigenvalue weighted by Gasteiger charge is 2.06. The molecule has 0 saturated carbocycles. The molecule has 1 aromatic heterocycles. The summed E-state index contributed by atoms with van der Waals surface area (Å²) in [6.45, 7) is 3.70. The molecule has 1 atom stereocenters. The van der Waals surface area contributed by atoms with Crippen molar-refractivity contribution < 1.29 is 5.11 Å². The van der Waals surface area contributed by atoms with Crippen molar-refractivity contribution in [3.8, 4) is 5.69 Å². The van der Waals surface area contributed by atoms with Crippen molar-refractivity contribution in [2.75, 3.05) is 0 Å². The van der Waals surface area contributed by atoms with Gasteiger partial charge in [0.25, 0.3) is 0 Å². The molecule has 0 amide bonds. The number of aromatic nitrogens is 3. The van der Waals surface area contributed by atoms with Gasteiger partial charge >= 0.3 is 0 Å². The second kappa shape index (κ2) is 3.82. The fourth-order valence-electron chi connectivity index (χ4n) is 1.36. The van der Waals surface area contributed by atoms with Crippen molar-refractivity contribution in [2.24, 2.45) is 0 Å². The summed E-state index contributed by atoms with van der Waals surface area (Å²) in [6, 6.07) is 7.96. The number of benzene rings is 1. The van der Waals surface area contributed by atoms with Gasteiger partial charge in [-0.25, -0.2) is 4.68 Å². The average Bonchev–Trinajstić information content (AvgIpc) is 2.66. The zero-order valence-electron chi connectivity index (χ0n) is 8.75. The Balaban J connectivity index is 2.37. The first-order chi connectivity index (χ1) is 7.16. The Kier molecular flexibility index (Phi) is 2.51. The Bertz CT molecular complexity index is 462. The highest BCUT2D eigenvalue weighted by atomic mass is 16.3. The third kappa shape index (κ3) is 2.05. The maximum atomic E-state index is 9.32. The van der Waals surface area contributed by atoms with Crippen molar-refractivity contribution in [1.82, 2.24) is 15.0 Å². The van der Waals surface area contributed by atoms with Crippen molar-refractivity contribution in [3.63, 3.8) is 0 Å². The minimum absolute atomic E-state index is 0.580. The molecule has 0 aliphatic carbocycles. The summed E-state index contributed by atoms with van der Waals surface area (Å²) in [4.78, 5) is 0. The van der Waals surface area contributed by atoms with Gasteiger partial charge in [-0.1, -0.05) is 17.3 Å². The van der Waals surface area contributed by atoms with Crippen LogP contribution in [0.2, 0.25) is 0 Å². The lowest BCUT2D eigenvalue weighted by molar-refractivity contribution is 0.194. The lowest BCUT2D eigenvalue weighted by Crippen LogP contribution is -1.94. The number of aliphatic hydroxyl groups excluding tert-OH is 1. The topological polar surface area (TPSA) is 50.9 Å². The third-order valence-electron chi connectivity index (χ3n) is 2.21. The maximum absolute atomic E-state index is 9.32. The number of aliphatic hydroxyl groups is 1. The van der Waals surface area contributed by atoms with E-state index >= 15 is 0 Å². The highest BCUT2D eigenvalue weighted by molar-refractivity contribution is 5.34. The van der Waals surface area contributed by atoms with Gasteiger partial charge in [0.1, 0.15) is 5.69 Å². The molecule has 4 nitrogen and oxygen atoms in total. The van der Waals surface area contributed by atoms with E-state index in [-0.39, 0.29) is 0 Å². The van der Waals surface area contributed by atoms with E-state index in [0.717, 1.165) is 5.69 Å². The van der Waals surface area contributed by atoms with Crippen LogP contribution in [-0.4, -0.2) is 20.1 Å². The molecule has 0 radical (unpaired) electrons. The van der Waals surface area contributed by atoms with Gasteiger partial charge < -0.3 is 5.11 Å². The summed E-state index contributed by atoms with van der Waals surface area (Å²) >= 11 is 0. The van der Waals surface area contributed by atoms with Crippen LogP contribution in [0, 0.1) is 6.92 Å². The monoisotopic (exact) mass is 203 g/mol. The molecule has 0 bridgehead atoms. The predicted octanol–water partition coefficient (Wildman–Crippen LogP) is 1.63. The third-order valence-corrected chi connectivity index (χ3v) is 2.21. The summed E-state index contributed by atoms with van der Waals surface area (Å²) in [6.07, 6.45) is 1.16. The molecule has 4 heteroatoms. The predicted molar refractivity (Wildman–Crippen MR) is 56.7 cm³/mol. The summed E-state index contributed by atoms with van der Waals surface area (Å²) < 4.78 is 1.66. The molecular weight excluding hydrogens is 190 g/mol. The largest absolute Gasteiger partial charge is 0.387 e. The maximum Gasteiger partial charge on any atom is 0.111 e. The van der Waals surface area contributed by atoms with Crippen molar-refractivity contribution >= 4 is 0 Å². The van der Waals surface area contributed by atoms with Crippen LogP contribution in [0.3, 0.4) is 0 Å². The molecule has 0 fully saturated rings. The van der Waals surface area contributed by atoms with E-state index in [1.165, 1.54) is 5.56 Å². The Morgan fingerprint density at radius 2 is 2.20 bits per heavy atom. The Labute approximate surface area is 88.2 Å².